The molecule has 0 saturated heterocycles. The third-order valence-electron chi connectivity index (χ3n) is 2.18. The highest BCUT2D eigenvalue weighted by Gasteiger charge is 2.08. The third-order valence-corrected chi connectivity index (χ3v) is 2.42. The molecule has 1 aromatic heterocycles. The van der Waals surface area contributed by atoms with Gasteiger partial charge in [0, 0.05) is 12.0 Å². The van der Waals surface area contributed by atoms with Crippen molar-refractivity contribution in [3.63, 3.8) is 0 Å². The fourth-order valence-corrected chi connectivity index (χ4v) is 1.53. The lowest BCUT2D eigenvalue weighted by Crippen LogP contribution is -1.99. The molecular formula is C11H10ClNO2. The van der Waals surface area contributed by atoms with Gasteiger partial charge in [-0.15, -0.1) is 11.6 Å². The summed E-state index contributed by atoms with van der Waals surface area (Å²) in [6.07, 6.45) is 0.744. The van der Waals surface area contributed by atoms with E-state index in [2.05, 4.69) is 4.98 Å². The highest BCUT2D eigenvalue weighted by Crippen LogP contribution is 2.18. The number of ketones is 1. The van der Waals surface area contributed by atoms with Crippen molar-refractivity contribution in [2.24, 2.45) is 0 Å². The number of benzene rings is 1. The summed E-state index contributed by atoms with van der Waals surface area (Å²) < 4.78 is 5.45. The molecular weight excluding hydrogens is 214 g/mol. The molecule has 0 amide bonds. The number of oxazole rings is 1. The van der Waals surface area contributed by atoms with E-state index >= 15 is 0 Å². The number of nitrogens with zero attached hydrogens (tertiary/aromatic N) is 1. The molecule has 0 bridgehead atoms. The maximum absolute atomic E-state index is 11.3. The van der Waals surface area contributed by atoms with Gasteiger partial charge in [0.05, 0.1) is 5.88 Å². The van der Waals surface area contributed by atoms with Gasteiger partial charge in [-0.25, -0.2) is 4.98 Å². The molecule has 0 aliphatic heterocycles. The number of aromatic nitrogens is 1. The Bertz CT molecular complexity index is 504. The van der Waals surface area contributed by atoms with Gasteiger partial charge in [-0.05, 0) is 18.2 Å². The summed E-state index contributed by atoms with van der Waals surface area (Å²) in [7, 11) is 0. The molecule has 0 aliphatic carbocycles. The summed E-state index contributed by atoms with van der Waals surface area (Å²) in [4.78, 5) is 15.6. The van der Waals surface area contributed by atoms with Gasteiger partial charge in [0.15, 0.2) is 17.3 Å². The molecule has 0 N–H and O–H groups in total. The van der Waals surface area contributed by atoms with E-state index in [1.807, 2.05) is 6.92 Å². The zero-order valence-corrected chi connectivity index (χ0v) is 9.04. The molecule has 0 fully saturated rings. The van der Waals surface area contributed by atoms with Gasteiger partial charge in [0.2, 0.25) is 0 Å². The van der Waals surface area contributed by atoms with Crippen molar-refractivity contribution in [1.82, 2.24) is 4.98 Å². The number of hydrogen-bond acceptors (Lipinski definition) is 3. The van der Waals surface area contributed by atoms with Crippen molar-refractivity contribution >= 4 is 28.5 Å². The summed E-state index contributed by atoms with van der Waals surface area (Å²) in [5.41, 5.74) is 1.98. The Morgan fingerprint density at radius 3 is 3.00 bits per heavy atom. The van der Waals surface area contributed by atoms with Crippen LogP contribution in [0.4, 0.5) is 0 Å². The minimum Gasteiger partial charge on any atom is -0.441 e. The molecule has 0 atom stereocenters. The van der Waals surface area contributed by atoms with Crippen molar-refractivity contribution in [2.45, 2.75) is 13.3 Å². The van der Waals surface area contributed by atoms with E-state index in [9.17, 15) is 4.79 Å². The van der Waals surface area contributed by atoms with Gasteiger partial charge in [0.25, 0.3) is 0 Å². The predicted octanol–water partition coefficient (Wildman–Crippen LogP) is 2.81. The lowest BCUT2D eigenvalue weighted by atomic mass is 10.1. The molecule has 15 heavy (non-hydrogen) atoms. The molecule has 0 aliphatic rings. The second-order valence-electron chi connectivity index (χ2n) is 3.20. The topological polar surface area (TPSA) is 43.1 Å². The van der Waals surface area contributed by atoms with Crippen LogP contribution in [-0.2, 0) is 6.42 Å². The van der Waals surface area contributed by atoms with Gasteiger partial charge in [-0.1, -0.05) is 6.92 Å². The van der Waals surface area contributed by atoms with Crippen molar-refractivity contribution < 1.29 is 9.21 Å². The Balaban J connectivity index is 2.50. The molecule has 2 rings (SSSR count). The number of hydrogen-bond donors (Lipinski definition) is 0. The lowest BCUT2D eigenvalue weighted by Gasteiger charge is -1.94. The quantitative estimate of drug-likeness (QED) is 0.594. The zero-order chi connectivity index (χ0) is 10.8. The number of halogens is 1. The number of carbonyl (C=O) groups excluding carboxylic acids is 1. The minimum atomic E-state index is -0.104. The summed E-state index contributed by atoms with van der Waals surface area (Å²) in [5.74, 6) is 0.564. The largest absolute Gasteiger partial charge is 0.441 e. The van der Waals surface area contributed by atoms with Crippen molar-refractivity contribution in [1.29, 1.82) is 0 Å². The van der Waals surface area contributed by atoms with Gasteiger partial charge in [0.1, 0.15) is 5.52 Å². The molecule has 1 aromatic carbocycles. The lowest BCUT2D eigenvalue weighted by molar-refractivity contribution is 0.102. The molecule has 1 heterocycles. The highest BCUT2D eigenvalue weighted by atomic mass is 35.5. The van der Waals surface area contributed by atoms with Crippen LogP contribution in [0.1, 0.15) is 23.2 Å². The zero-order valence-electron chi connectivity index (χ0n) is 8.29. The Hall–Kier alpha value is -1.35. The summed E-state index contributed by atoms with van der Waals surface area (Å²) >= 11 is 5.47. The van der Waals surface area contributed by atoms with Crippen LogP contribution < -0.4 is 0 Å². The maximum Gasteiger partial charge on any atom is 0.195 e. The standard InChI is InChI=1S/C11H10ClNO2/c1-2-11-13-8-4-3-7(9(14)6-12)5-10(8)15-11/h3-5H,2,6H2,1H3. The van der Waals surface area contributed by atoms with Crippen LogP contribution in [-0.4, -0.2) is 16.6 Å². The number of fused-ring (bicyclic) bond motifs is 1. The Kier molecular flexibility index (Phi) is 2.73. The Labute approximate surface area is 92.1 Å². The van der Waals surface area contributed by atoms with Crippen LogP contribution >= 0.6 is 11.6 Å². The SMILES string of the molecule is CCc1nc2ccc(C(=O)CCl)cc2o1. The van der Waals surface area contributed by atoms with E-state index < -0.39 is 0 Å². The number of alkyl halides is 1. The van der Waals surface area contributed by atoms with Gasteiger partial charge >= 0.3 is 0 Å². The highest BCUT2D eigenvalue weighted by molar-refractivity contribution is 6.30. The summed E-state index contributed by atoms with van der Waals surface area (Å²) in [6.45, 7) is 1.97. The van der Waals surface area contributed by atoms with Gasteiger partial charge in [-0.2, -0.15) is 0 Å². The van der Waals surface area contributed by atoms with Crippen LogP contribution in [0.25, 0.3) is 11.1 Å². The van der Waals surface area contributed by atoms with E-state index in [1.165, 1.54) is 0 Å². The number of aryl methyl sites for hydroxylation is 1. The number of carbonyl (C=O) groups is 1. The Morgan fingerprint density at radius 2 is 2.33 bits per heavy atom. The maximum atomic E-state index is 11.3. The van der Waals surface area contributed by atoms with E-state index in [1.54, 1.807) is 18.2 Å². The first kappa shape index (κ1) is 10.2. The molecule has 0 radical (unpaired) electrons. The van der Waals surface area contributed by atoms with Crippen LogP contribution in [0.5, 0.6) is 0 Å². The van der Waals surface area contributed by atoms with E-state index in [-0.39, 0.29) is 11.7 Å². The van der Waals surface area contributed by atoms with Gasteiger partial charge < -0.3 is 4.42 Å². The molecule has 78 valence electrons. The molecule has 0 saturated carbocycles. The fourth-order valence-electron chi connectivity index (χ4n) is 1.37. The molecule has 3 nitrogen and oxygen atoms in total. The van der Waals surface area contributed by atoms with E-state index in [4.69, 9.17) is 16.0 Å². The van der Waals surface area contributed by atoms with E-state index in [0.29, 0.717) is 17.0 Å². The monoisotopic (exact) mass is 223 g/mol. The van der Waals surface area contributed by atoms with Crippen molar-refractivity contribution in [3.05, 3.63) is 29.7 Å². The normalized spacial score (nSPS) is 10.8. The average molecular weight is 224 g/mol. The first-order valence-corrected chi connectivity index (χ1v) is 5.26. The number of Topliss-reactive ketones (excluding diaryl/α,β-unsaturated/α-hetero) is 1. The third kappa shape index (κ3) is 1.88. The van der Waals surface area contributed by atoms with Crippen molar-refractivity contribution in [2.75, 3.05) is 5.88 Å². The Morgan fingerprint density at radius 1 is 1.53 bits per heavy atom. The average Bonchev–Trinajstić information content (AvgIpc) is 2.69. The van der Waals surface area contributed by atoms with Crippen molar-refractivity contribution in [3.8, 4) is 0 Å². The minimum absolute atomic E-state index is 0.0136. The van der Waals surface area contributed by atoms with Crippen LogP contribution in [0.3, 0.4) is 0 Å². The molecule has 2 aromatic rings. The predicted molar refractivity (Wildman–Crippen MR) is 58.4 cm³/mol. The summed E-state index contributed by atoms with van der Waals surface area (Å²) in [6, 6.07) is 5.18. The smallest absolute Gasteiger partial charge is 0.195 e. The second-order valence-corrected chi connectivity index (χ2v) is 3.47. The first-order chi connectivity index (χ1) is 7.24. The van der Waals surface area contributed by atoms with Crippen LogP contribution in [0.2, 0.25) is 0 Å². The molecule has 0 unspecified atom stereocenters. The van der Waals surface area contributed by atoms with E-state index in [0.717, 1.165) is 11.9 Å². The molecule has 0 spiro atoms. The summed E-state index contributed by atoms with van der Waals surface area (Å²) in [5, 5.41) is 0. The van der Waals surface area contributed by atoms with Crippen LogP contribution in [0, 0.1) is 0 Å². The first-order valence-electron chi connectivity index (χ1n) is 4.73. The second kappa shape index (κ2) is 4.03. The van der Waals surface area contributed by atoms with Crippen LogP contribution in [0.15, 0.2) is 22.6 Å². The molecule has 4 heteroatoms. The van der Waals surface area contributed by atoms with Gasteiger partial charge in [-0.3, -0.25) is 4.79 Å². The fraction of sp³-hybridized carbons (Fsp3) is 0.273. The number of rotatable bonds is 3.